The van der Waals surface area contributed by atoms with Crippen molar-refractivity contribution in [1.82, 2.24) is 0 Å². The molecule has 0 saturated carbocycles. The van der Waals surface area contributed by atoms with Gasteiger partial charge in [-0.1, -0.05) is 0 Å². The summed E-state index contributed by atoms with van der Waals surface area (Å²) in [6, 6.07) is 3.50. The van der Waals surface area contributed by atoms with Crippen molar-refractivity contribution >= 4 is 21.2 Å². The van der Waals surface area contributed by atoms with E-state index in [1.54, 1.807) is 0 Å². The van der Waals surface area contributed by atoms with E-state index in [0.29, 0.717) is 6.54 Å². The summed E-state index contributed by atoms with van der Waals surface area (Å²) >= 11 is 0. The number of aliphatic hydroxyl groups excluding tert-OH is 1. The van der Waals surface area contributed by atoms with Crippen LogP contribution in [0.1, 0.15) is 0 Å². The Morgan fingerprint density at radius 3 is 2.63 bits per heavy atom. The van der Waals surface area contributed by atoms with Crippen LogP contribution in [0.2, 0.25) is 0 Å². The minimum Gasteiger partial charge on any atom is -0.395 e. The fourth-order valence-corrected chi connectivity index (χ4v) is 2.70. The number of nitrogens with one attached hydrogen (secondary N) is 1. The van der Waals surface area contributed by atoms with Gasteiger partial charge in [0.1, 0.15) is 0 Å². The molecule has 0 spiro atoms. The second-order valence-corrected chi connectivity index (χ2v) is 5.77. The molecule has 1 aromatic carbocycles. The highest BCUT2D eigenvalue weighted by atomic mass is 32.2. The molecule has 0 fully saturated rings. The van der Waals surface area contributed by atoms with Crippen LogP contribution in [-0.2, 0) is 9.84 Å². The van der Waals surface area contributed by atoms with E-state index in [0.717, 1.165) is 6.07 Å². The van der Waals surface area contributed by atoms with Gasteiger partial charge in [0.2, 0.25) is 0 Å². The van der Waals surface area contributed by atoms with Crippen molar-refractivity contribution in [2.24, 2.45) is 5.73 Å². The van der Waals surface area contributed by atoms with Crippen LogP contribution in [0.5, 0.6) is 0 Å². The van der Waals surface area contributed by atoms with Crippen LogP contribution >= 0.6 is 0 Å². The number of nitrogens with zero attached hydrogens (tertiary/aromatic N) is 1. The number of benzene rings is 1. The first-order valence-corrected chi connectivity index (χ1v) is 7.13. The number of nitro groups is 1. The molecule has 4 N–H and O–H groups in total. The highest BCUT2D eigenvalue weighted by Crippen LogP contribution is 2.27. The molecule has 0 unspecified atom stereocenters. The average molecular weight is 289 g/mol. The molecule has 106 valence electrons. The van der Waals surface area contributed by atoms with Gasteiger partial charge >= 0.3 is 0 Å². The molecule has 0 amide bonds. The molecule has 0 aromatic heterocycles. The summed E-state index contributed by atoms with van der Waals surface area (Å²) in [5.74, 6) is -0.495. The maximum Gasteiger partial charge on any atom is 0.270 e. The summed E-state index contributed by atoms with van der Waals surface area (Å²) in [5, 5.41) is 22.2. The lowest BCUT2D eigenvalue weighted by Gasteiger charge is -2.11. The Morgan fingerprint density at radius 2 is 2.11 bits per heavy atom. The Morgan fingerprint density at radius 1 is 1.42 bits per heavy atom. The molecular formula is C10H15N3O5S. The minimum absolute atomic E-state index is 0.204. The van der Waals surface area contributed by atoms with Crippen LogP contribution in [0, 0.1) is 10.1 Å². The van der Waals surface area contributed by atoms with E-state index in [1.165, 1.54) is 12.1 Å². The predicted molar refractivity (Wildman–Crippen MR) is 69.8 cm³/mol. The summed E-state index contributed by atoms with van der Waals surface area (Å²) in [7, 11) is -3.79. The average Bonchev–Trinajstić information content (AvgIpc) is 2.35. The first kappa shape index (κ1) is 15.3. The smallest absolute Gasteiger partial charge is 0.270 e. The Bertz CT molecular complexity index is 558. The molecular weight excluding hydrogens is 274 g/mol. The van der Waals surface area contributed by atoms with E-state index in [-0.39, 0.29) is 22.8 Å². The molecule has 9 heteroatoms. The Hall–Kier alpha value is -1.71. The first-order chi connectivity index (χ1) is 8.92. The van der Waals surface area contributed by atoms with Gasteiger partial charge in [0.15, 0.2) is 9.84 Å². The van der Waals surface area contributed by atoms with Crippen LogP contribution < -0.4 is 11.1 Å². The molecule has 19 heavy (non-hydrogen) atoms. The van der Waals surface area contributed by atoms with E-state index in [4.69, 9.17) is 10.8 Å². The zero-order valence-electron chi connectivity index (χ0n) is 10.1. The van der Waals surface area contributed by atoms with Gasteiger partial charge in [-0.05, 0) is 6.07 Å². The third-order valence-electron chi connectivity index (χ3n) is 2.33. The third-order valence-corrected chi connectivity index (χ3v) is 4.06. The third kappa shape index (κ3) is 3.88. The quantitative estimate of drug-likeness (QED) is 0.464. The zero-order valence-corrected chi connectivity index (χ0v) is 10.9. The van der Waals surface area contributed by atoms with Crippen LogP contribution in [0.15, 0.2) is 23.1 Å². The van der Waals surface area contributed by atoms with Gasteiger partial charge in [-0.2, -0.15) is 0 Å². The Balaban J connectivity index is 3.29. The van der Waals surface area contributed by atoms with Gasteiger partial charge in [0.25, 0.3) is 5.69 Å². The van der Waals surface area contributed by atoms with Gasteiger partial charge in [-0.25, -0.2) is 8.42 Å². The summed E-state index contributed by atoms with van der Waals surface area (Å²) in [6.45, 7) is 0.0668. The molecule has 0 bridgehead atoms. The van der Waals surface area contributed by atoms with Gasteiger partial charge in [0.05, 0.1) is 27.9 Å². The first-order valence-electron chi connectivity index (χ1n) is 5.48. The molecule has 0 heterocycles. The molecule has 1 rings (SSSR count). The lowest BCUT2D eigenvalue weighted by molar-refractivity contribution is -0.385. The van der Waals surface area contributed by atoms with Crippen LogP contribution in [0.25, 0.3) is 0 Å². The number of rotatable bonds is 7. The summed E-state index contributed by atoms with van der Waals surface area (Å²) in [6.07, 6.45) is 0. The highest BCUT2D eigenvalue weighted by molar-refractivity contribution is 7.91. The van der Waals surface area contributed by atoms with E-state index in [9.17, 15) is 18.5 Å². The van der Waals surface area contributed by atoms with Crippen molar-refractivity contribution in [1.29, 1.82) is 0 Å². The number of anilines is 1. The molecule has 8 nitrogen and oxygen atoms in total. The molecule has 0 radical (unpaired) electrons. The SMILES string of the molecule is NCCNc1ccc([N+](=O)[O-])cc1S(=O)(=O)CCO. The van der Waals surface area contributed by atoms with E-state index < -0.39 is 27.1 Å². The van der Waals surface area contributed by atoms with Gasteiger partial charge < -0.3 is 16.2 Å². The zero-order chi connectivity index (χ0) is 14.5. The van der Waals surface area contributed by atoms with Gasteiger partial charge in [0, 0.05) is 25.2 Å². The van der Waals surface area contributed by atoms with Crippen molar-refractivity contribution in [3.63, 3.8) is 0 Å². The Labute approximate surface area is 110 Å². The molecule has 0 aliphatic rings. The number of hydrogen-bond donors (Lipinski definition) is 3. The topological polar surface area (TPSA) is 136 Å². The fourth-order valence-electron chi connectivity index (χ4n) is 1.46. The standard InChI is InChI=1S/C10H15N3O5S/c11-3-4-12-9-2-1-8(13(15)16)7-10(9)19(17,18)6-5-14/h1-2,7,12,14H,3-6,11H2. The van der Waals surface area contributed by atoms with Crippen molar-refractivity contribution in [2.75, 3.05) is 30.8 Å². The lowest BCUT2D eigenvalue weighted by Crippen LogP contribution is -2.17. The largest absolute Gasteiger partial charge is 0.395 e. The monoisotopic (exact) mass is 289 g/mol. The molecule has 0 saturated heterocycles. The molecule has 0 aliphatic heterocycles. The van der Waals surface area contributed by atoms with Crippen LogP contribution in [-0.4, -0.2) is 43.9 Å². The maximum absolute atomic E-state index is 11.9. The van der Waals surface area contributed by atoms with Crippen molar-refractivity contribution in [3.8, 4) is 0 Å². The summed E-state index contributed by atoms with van der Waals surface area (Å²) in [4.78, 5) is 9.80. The number of hydrogen-bond acceptors (Lipinski definition) is 7. The Kier molecular flexibility index (Phi) is 5.21. The fraction of sp³-hybridized carbons (Fsp3) is 0.400. The molecule has 0 aliphatic carbocycles. The van der Waals surface area contributed by atoms with Crippen LogP contribution in [0.3, 0.4) is 0 Å². The maximum atomic E-state index is 11.9. The van der Waals surface area contributed by atoms with Crippen molar-refractivity contribution in [3.05, 3.63) is 28.3 Å². The number of sulfone groups is 1. The van der Waals surface area contributed by atoms with E-state index in [2.05, 4.69) is 5.32 Å². The van der Waals surface area contributed by atoms with Gasteiger partial charge in [-0.15, -0.1) is 0 Å². The molecule has 1 aromatic rings. The number of non-ortho nitro benzene ring substituents is 1. The van der Waals surface area contributed by atoms with Crippen LogP contribution in [0.4, 0.5) is 11.4 Å². The summed E-state index contributed by atoms with van der Waals surface area (Å²) < 4.78 is 23.9. The second kappa shape index (κ2) is 6.45. The normalized spacial score (nSPS) is 11.3. The van der Waals surface area contributed by atoms with E-state index in [1.807, 2.05) is 0 Å². The van der Waals surface area contributed by atoms with Crippen molar-refractivity contribution < 1.29 is 18.4 Å². The highest BCUT2D eigenvalue weighted by Gasteiger charge is 2.21. The minimum atomic E-state index is -3.79. The summed E-state index contributed by atoms with van der Waals surface area (Å²) in [5.41, 5.74) is 5.23. The lowest BCUT2D eigenvalue weighted by atomic mass is 10.3. The number of nitrogens with two attached hydrogens (primary N) is 1. The van der Waals surface area contributed by atoms with Crippen molar-refractivity contribution in [2.45, 2.75) is 4.90 Å². The van der Waals surface area contributed by atoms with Gasteiger partial charge in [-0.3, -0.25) is 10.1 Å². The number of nitro benzene ring substituents is 1. The van der Waals surface area contributed by atoms with E-state index >= 15 is 0 Å². The second-order valence-electron chi connectivity index (χ2n) is 3.70. The molecule has 0 atom stereocenters. The predicted octanol–water partition coefficient (Wildman–Crippen LogP) is -0.269. The number of aliphatic hydroxyl groups is 1.